The van der Waals surface area contributed by atoms with E-state index >= 15 is 0 Å². The van der Waals surface area contributed by atoms with Crippen LogP contribution in [0.15, 0.2) is 12.4 Å². The van der Waals surface area contributed by atoms with E-state index in [4.69, 9.17) is 5.73 Å². The van der Waals surface area contributed by atoms with Crippen molar-refractivity contribution in [3.8, 4) is 0 Å². The zero-order valence-electron chi connectivity index (χ0n) is 5.98. The van der Waals surface area contributed by atoms with Gasteiger partial charge in [-0.05, 0) is 0 Å². The summed E-state index contributed by atoms with van der Waals surface area (Å²) in [6.07, 6.45) is 2.76. The SMILES string of the molecule is NC(=O)n1nccn1.[H-].[Na+]. The molecule has 0 spiro atoms. The first-order valence-corrected chi connectivity index (χ1v) is 1.97. The third kappa shape index (κ3) is 2.13. The Morgan fingerprint density at radius 1 is 1.56 bits per heavy atom. The first-order valence-electron chi connectivity index (χ1n) is 1.97. The minimum atomic E-state index is -0.671. The van der Waals surface area contributed by atoms with E-state index in [0.29, 0.717) is 0 Å². The average Bonchev–Trinajstić information content (AvgIpc) is 2.12. The van der Waals surface area contributed by atoms with E-state index in [2.05, 4.69) is 10.2 Å². The van der Waals surface area contributed by atoms with Crippen LogP contribution in [0.2, 0.25) is 0 Å². The van der Waals surface area contributed by atoms with Gasteiger partial charge in [0.25, 0.3) is 0 Å². The quantitative estimate of drug-likeness (QED) is 0.373. The number of rotatable bonds is 0. The Morgan fingerprint density at radius 3 is 2.22 bits per heavy atom. The van der Waals surface area contributed by atoms with Crippen molar-refractivity contribution in [2.75, 3.05) is 0 Å². The van der Waals surface area contributed by atoms with E-state index < -0.39 is 6.03 Å². The number of hydrogen-bond acceptors (Lipinski definition) is 3. The van der Waals surface area contributed by atoms with Crippen LogP contribution < -0.4 is 35.3 Å². The van der Waals surface area contributed by atoms with Crippen LogP contribution in [0.25, 0.3) is 0 Å². The molecule has 0 saturated heterocycles. The molecule has 1 aromatic heterocycles. The molecule has 0 aromatic carbocycles. The Kier molecular flexibility index (Phi) is 3.44. The molecule has 44 valence electrons. The Bertz CT molecular complexity index is 188. The molecule has 0 saturated carbocycles. The van der Waals surface area contributed by atoms with Crippen LogP contribution in [0.3, 0.4) is 0 Å². The summed E-state index contributed by atoms with van der Waals surface area (Å²) >= 11 is 0. The van der Waals surface area contributed by atoms with Gasteiger partial charge in [0.2, 0.25) is 0 Å². The number of primary amides is 1. The molecule has 9 heavy (non-hydrogen) atoms. The molecule has 1 amide bonds. The summed E-state index contributed by atoms with van der Waals surface area (Å²) in [5.41, 5.74) is 4.76. The molecule has 1 aromatic rings. The summed E-state index contributed by atoms with van der Waals surface area (Å²) in [6.45, 7) is 0. The maximum Gasteiger partial charge on any atom is 1.00 e. The summed E-state index contributed by atoms with van der Waals surface area (Å²) in [5.74, 6) is 0. The molecule has 0 aliphatic carbocycles. The minimum Gasteiger partial charge on any atom is -1.00 e. The van der Waals surface area contributed by atoms with Crippen molar-refractivity contribution in [2.45, 2.75) is 0 Å². The van der Waals surface area contributed by atoms with Gasteiger partial charge in [-0.2, -0.15) is 10.2 Å². The molecule has 0 aliphatic heterocycles. The minimum absolute atomic E-state index is 0. The van der Waals surface area contributed by atoms with Gasteiger partial charge >= 0.3 is 35.6 Å². The Balaban J connectivity index is 0. The normalized spacial score (nSPS) is 8.00. The van der Waals surface area contributed by atoms with Crippen LogP contribution in [-0.4, -0.2) is 21.0 Å². The van der Waals surface area contributed by atoms with Crippen molar-refractivity contribution in [2.24, 2.45) is 5.73 Å². The van der Waals surface area contributed by atoms with Gasteiger partial charge in [0.1, 0.15) is 0 Å². The van der Waals surface area contributed by atoms with Crippen LogP contribution in [0.1, 0.15) is 1.43 Å². The van der Waals surface area contributed by atoms with Crippen molar-refractivity contribution in [3.05, 3.63) is 12.4 Å². The molecule has 0 aliphatic rings. The van der Waals surface area contributed by atoms with E-state index in [0.717, 1.165) is 4.80 Å². The standard InChI is InChI=1S/C3H4N4O.Na.H/c4-3(8)7-5-1-2-6-7;;/h1-2H,(H2,4,8);;/q;+1;-1. The van der Waals surface area contributed by atoms with E-state index in [-0.39, 0.29) is 31.0 Å². The van der Waals surface area contributed by atoms with Crippen LogP contribution in [0.5, 0.6) is 0 Å². The maximum atomic E-state index is 10.1. The van der Waals surface area contributed by atoms with E-state index in [1.54, 1.807) is 0 Å². The summed E-state index contributed by atoms with van der Waals surface area (Å²) in [6, 6.07) is -0.671. The first-order chi connectivity index (χ1) is 3.80. The van der Waals surface area contributed by atoms with Crippen molar-refractivity contribution in [1.29, 1.82) is 0 Å². The van der Waals surface area contributed by atoms with Gasteiger partial charge in [-0.1, -0.05) is 4.80 Å². The second-order valence-corrected chi connectivity index (χ2v) is 1.16. The molecule has 0 fully saturated rings. The molecule has 1 rings (SSSR count). The second kappa shape index (κ2) is 3.60. The van der Waals surface area contributed by atoms with Gasteiger partial charge in [0, 0.05) is 0 Å². The molecular weight excluding hydrogens is 131 g/mol. The van der Waals surface area contributed by atoms with E-state index in [9.17, 15) is 4.79 Å². The molecule has 5 nitrogen and oxygen atoms in total. The third-order valence-electron chi connectivity index (χ3n) is 0.616. The monoisotopic (exact) mass is 136 g/mol. The van der Waals surface area contributed by atoms with Gasteiger partial charge in [-0.3, -0.25) is 0 Å². The van der Waals surface area contributed by atoms with Crippen molar-refractivity contribution in [1.82, 2.24) is 15.0 Å². The number of carbonyl (C=O) groups is 1. The fraction of sp³-hybridized carbons (Fsp3) is 0. The number of carbonyl (C=O) groups excluding carboxylic acids is 1. The van der Waals surface area contributed by atoms with Crippen LogP contribution >= 0.6 is 0 Å². The van der Waals surface area contributed by atoms with Crippen molar-refractivity contribution in [3.63, 3.8) is 0 Å². The summed E-state index contributed by atoms with van der Waals surface area (Å²) in [7, 11) is 0. The number of amides is 1. The van der Waals surface area contributed by atoms with Crippen molar-refractivity contribution >= 4 is 6.03 Å². The van der Waals surface area contributed by atoms with Gasteiger partial charge in [-0.15, -0.1) is 0 Å². The second-order valence-electron chi connectivity index (χ2n) is 1.16. The molecule has 0 bridgehead atoms. The smallest absolute Gasteiger partial charge is 1.00 e. The molecule has 6 heteroatoms. The Hall–Kier alpha value is -0.390. The summed E-state index contributed by atoms with van der Waals surface area (Å²) in [5, 5.41) is 6.89. The van der Waals surface area contributed by atoms with Crippen LogP contribution in [0.4, 0.5) is 4.79 Å². The molecule has 1 heterocycles. The van der Waals surface area contributed by atoms with Crippen LogP contribution in [0, 0.1) is 0 Å². The van der Waals surface area contributed by atoms with Gasteiger partial charge < -0.3 is 7.16 Å². The van der Waals surface area contributed by atoms with Gasteiger partial charge in [0.05, 0.1) is 12.4 Å². The largest absolute Gasteiger partial charge is 1.00 e. The Labute approximate surface area is 75.0 Å². The van der Waals surface area contributed by atoms with Crippen molar-refractivity contribution < 1.29 is 35.8 Å². The maximum absolute atomic E-state index is 10.1. The number of hydrogen-bond donors (Lipinski definition) is 1. The summed E-state index contributed by atoms with van der Waals surface area (Å²) < 4.78 is 0. The van der Waals surface area contributed by atoms with Gasteiger partial charge in [-0.25, -0.2) is 4.79 Å². The number of nitrogens with zero attached hydrogens (tertiary/aromatic N) is 3. The molecule has 2 N–H and O–H groups in total. The van der Waals surface area contributed by atoms with Crippen LogP contribution in [-0.2, 0) is 0 Å². The predicted molar refractivity (Wildman–Crippen MR) is 26.1 cm³/mol. The number of nitrogens with two attached hydrogens (primary N) is 1. The summed E-state index contributed by atoms with van der Waals surface area (Å²) in [4.78, 5) is 10.9. The van der Waals surface area contributed by atoms with Gasteiger partial charge in [0.15, 0.2) is 0 Å². The fourth-order valence-electron chi connectivity index (χ4n) is 0.330. The first kappa shape index (κ1) is 8.61. The topological polar surface area (TPSA) is 73.8 Å². The average molecular weight is 136 g/mol. The molecule has 0 atom stereocenters. The Morgan fingerprint density at radius 2 is 2.00 bits per heavy atom. The molecule has 0 unspecified atom stereocenters. The number of aromatic nitrogens is 3. The zero-order valence-corrected chi connectivity index (χ0v) is 6.98. The molecule has 0 radical (unpaired) electrons. The molecular formula is C3H5N4NaO. The fourth-order valence-corrected chi connectivity index (χ4v) is 0.330. The third-order valence-corrected chi connectivity index (χ3v) is 0.616. The van der Waals surface area contributed by atoms with E-state index in [1.165, 1.54) is 12.4 Å². The van der Waals surface area contributed by atoms with E-state index in [1.807, 2.05) is 0 Å². The zero-order chi connectivity index (χ0) is 5.98. The predicted octanol–water partition coefficient (Wildman–Crippen LogP) is -3.68.